The Morgan fingerprint density at radius 3 is 2.36 bits per heavy atom. The maximum atomic E-state index is 11.8. The van der Waals surface area contributed by atoms with Crippen molar-refractivity contribution in [3.05, 3.63) is 0 Å². The number of likely N-dealkylation sites (tertiary alicyclic amines) is 1. The zero-order valence-electron chi connectivity index (χ0n) is 16.6. The third kappa shape index (κ3) is 10.2. The number of halogens is 1. The first kappa shape index (κ1) is 24.4. The lowest BCUT2D eigenvalue weighted by molar-refractivity contribution is -0.121. The Labute approximate surface area is 171 Å². The molecule has 0 aliphatic carbocycles. The average Bonchev–Trinajstić information content (AvgIpc) is 2.55. The third-order valence-corrected chi connectivity index (χ3v) is 4.57. The smallest absolute Gasteiger partial charge is 0.222 e. The summed E-state index contributed by atoms with van der Waals surface area (Å²) in [5, 5.41) is 9.78. The first-order chi connectivity index (χ1) is 11.5. The van der Waals surface area contributed by atoms with Crippen LogP contribution in [0, 0.1) is 0 Å². The standard InChI is InChI=1S/C18H37N5O.HI/c1-6-15(5)21-17(24)8-11-20-18(19-7-2)22-16-9-12-23(13-10-16)14(3)4;/h14-16H,6-13H2,1-5H3,(H,21,24)(H2,19,20,22);1H. The lowest BCUT2D eigenvalue weighted by Crippen LogP contribution is -2.49. The van der Waals surface area contributed by atoms with E-state index in [4.69, 9.17) is 0 Å². The molecule has 1 atom stereocenters. The van der Waals surface area contributed by atoms with Gasteiger partial charge in [0.15, 0.2) is 5.96 Å². The van der Waals surface area contributed by atoms with Gasteiger partial charge in [0.25, 0.3) is 0 Å². The fourth-order valence-electron chi connectivity index (χ4n) is 2.79. The van der Waals surface area contributed by atoms with E-state index in [0.717, 1.165) is 44.9 Å². The van der Waals surface area contributed by atoms with Gasteiger partial charge < -0.3 is 20.9 Å². The summed E-state index contributed by atoms with van der Waals surface area (Å²) in [5.41, 5.74) is 0. The van der Waals surface area contributed by atoms with Crippen molar-refractivity contribution < 1.29 is 4.79 Å². The van der Waals surface area contributed by atoms with Gasteiger partial charge in [0.1, 0.15) is 0 Å². The molecule has 148 valence electrons. The molecular formula is C18H38IN5O. The van der Waals surface area contributed by atoms with Crippen molar-refractivity contribution in [2.45, 2.75) is 78.4 Å². The predicted molar refractivity (Wildman–Crippen MR) is 117 cm³/mol. The van der Waals surface area contributed by atoms with Crippen molar-refractivity contribution in [3.63, 3.8) is 0 Å². The number of hydrogen-bond acceptors (Lipinski definition) is 3. The highest BCUT2D eigenvalue weighted by atomic mass is 127. The van der Waals surface area contributed by atoms with Crippen LogP contribution in [0.3, 0.4) is 0 Å². The van der Waals surface area contributed by atoms with E-state index in [0.29, 0.717) is 25.0 Å². The van der Waals surface area contributed by atoms with Crippen molar-refractivity contribution in [1.29, 1.82) is 0 Å². The van der Waals surface area contributed by atoms with Gasteiger partial charge in [-0.3, -0.25) is 9.79 Å². The minimum absolute atomic E-state index is 0. The highest BCUT2D eigenvalue weighted by molar-refractivity contribution is 14.0. The minimum Gasteiger partial charge on any atom is -0.357 e. The highest BCUT2D eigenvalue weighted by Gasteiger charge is 2.21. The van der Waals surface area contributed by atoms with Crippen LogP contribution in [-0.4, -0.2) is 61.1 Å². The molecular weight excluding hydrogens is 429 g/mol. The van der Waals surface area contributed by atoms with Gasteiger partial charge in [-0.1, -0.05) is 6.92 Å². The van der Waals surface area contributed by atoms with Crippen LogP contribution in [0.25, 0.3) is 0 Å². The number of carbonyl (C=O) groups is 1. The van der Waals surface area contributed by atoms with E-state index in [1.165, 1.54) is 0 Å². The molecule has 1 saturated heterocycles. The van der Waals surface area contributed by atoms with Crippen LogP contribution >= 0.6 is 24.0 Å². The van der Waals surface area contributed by atoms with Gasteiger partial charge in [0, 0.05) is 44.2 Å². The fraction of sp³-hybridized carbons (Fsp3) is 0.889. The Morgan fingerprint density at radius 2 is 1.84 bits per heavy atom. The molecule has 0 spiro atoms. The molecule has 25 heavy (non-hydrogen) atoms. The van der Waals surface area contributed by atoms with Crippen LogP contribution in [0.1, 0.15) is 60.3 Å². The zero-order chi connectivity index (χ0) is 17.9. The number of carbonyl (C=O) groups excluding carboxylic acids is 1. The number of hydrogen-bond donors (Lipinski definition) is 3. The Balaban J connectivity index is 0.00000576. The topological polar surface area (TPSA) is 68.8 Å². The number of piperidine rings is 1. The molecule has 1 aliphatic heterocycles. The SMILES string of the molecule is CCNC(=NCCC(=O)NC(C)CC)NC1CCN(C(C)C)CC1.I. The number of nitrogens with zero attached hydrogens (tertiary/aromatic N) is 2. The van der Waals surface area contributed by atoms with Gasteiger partial charge in [0.05, 0.1) is 6.54 Å². The van der Waals surface area contributed by atoms with E-state index < -0.39 is 0 Å². The van der Waals surface area contributed by atoms with Gasteiger partial charge >= 0.3 is 0 Å². The van der Waals surface area contributed by atoms with Crippen molar-refractivity contribution in [1.82, 2.24) is 20.9 Å². The van der Waals surface area contributed by atoms with Crippen LogP contribution in [0.15, 0.2) is 4.99 Å². The van der Waals surface area contributed by atoms with E-state index in [2.05, 4.69) is 53.5 Å². The maximum absolute atomic E-state index is 11.8. The lowest BCUT2D eigenvalue weighted by atomic mass is 10.0. The summed E-state index contributed by atoms with van der Waals surface area (Å²) in [5.74, 6) is 0.908. The molecule has 1 heterocycles. The second-order valence-electron chi connectivity index (χ2n) is 6.94. The Morgan fingerprint density at radius 1 is 1.20 bits per heavy atom. The molecule has 7 heteroatoms. The maximum Gasteiger partial charge on any atom is 0.222 e. The van der Waals surface area contributed by atoms with Crippen molar-refractivity contribution in [2.24, 2.45) is 4.99 Å². The van der Waals surface area contributed by atoms with Crippen LogP contribution in [0.2, 0.25) is 0 Å². The highest BCUT2D eigenvalue weighted by Crippen LogP contribution is 2.12. The number of aliphatic imine (C=N–C) groups is 1. The molecule has 1 amide bonds. The largest absolute Gasteiger partial charge is 0.357 e. The molecule has 1 fully saturated rings. The second kappa shape index (κ2) is 13.6. The zero-order valence-corrected chi connectivity index (χ0v) is 18.9. The Bertz CT molecular complexity index is 395. The van der Waals surface area contributed by atoms with E-state index in [1.807, 2.05) is 6.92 Å². The summed E-state index contributed by atoms with van der Waals surface area (Å²) in [6.45, 7) is 14.3. The first-order valence-electron chi connectivity index (χ1n) is 9.54. The number of guanidine groups is 1. The lowest BCUT2D eigenvalue weighted by Gasteiger charge is -2.35. The number of rotatable bonds is 8. The van der Waals surface area contributed by atoms with Gasteiger partial charge in [-0.05, 0) is 47.0 Å². The Hall–Kier alpha value is -0.570. The van der Waals surface area contributed by atoms with Crippen molar-refractivity contribution in [3.8, 4) is 0 Å². The summed E-state index contributed by atoms with van der Waals surface area (Å²) < 4.78 is 0. The monoisotopic (exact) mass is 467 g/mol. The average molecular weight is 467 g/mol. The van der Waals surface area contributed by atoms with E-state index in [1.54, 1.807) is 0 Å². The predicted octanol–water partition coefficient (Wildman–Crippen LogP) is 2.34. The molecule has 0 saturated carbocycles. The van der Waals surface area contributed by atoms with Crippen LogP contribution in [0.4, 0.5) is 0 Å². The molecule has 0 aromatic heterocycles. The van der Waals surface area contributed by atoms with E-state index in [-0.39, 0.29) is 35.9 Å². The third-order valence-electron chi connectivity index (χ3n) is 4.57. The summed E-state index contributed by atoms with van der Waals surface area (Å²) in [7, 11) is 0. The van der Waals surface area contributed by atoms with E-state index in [9.17, 15) is 4.79 Å². The molecule has 0 radical (unpaired) electrons. The summed E-state index contributed by atoms with van der Waals surface area (Å²) >= 11 is 0. The first-order valence-corrected chi connectivity index (χ1v) is 9.54. The summed E-state index contributed by atoms with van der Waals surface area (Å²) in [4.78, 5) is 18.9. The molecule has 0 aromatic rings. The quantitative estimate of drug-likeness (QED) is 0.291. The van der Waals surface area contributed by atoms with Gasteiger partial charge in [0.2, 0.25) is 5.91 Å². The number of nitrogens with one attached hydrogen (secondary N) is 3. The molecule has 1 aliphatic rings. The van der Waals surface area contributed by atoms with Gasteiger partial charge in [-0.2, -0.15) is 0 Å². The molecule has 1 rings (SSSR count). The molecule has 0 aromatic carbocycles. The van der Waals surface area contributed by atoms with Gasteiger partial charge in [-0.25, -0.2) is 0 Å². The molecule has 0 bridgehead atoms. The summed E-state index contributed by atoms with van der Waals surface area (Å²) in [6.07, 6.45) is 3.66. The van der Waals surface area contributed by atoms with E-state index >= 15 is 0 Å². The molecule has 6 nitrogen and oxygen atoms in total. The van der Waals surface area contributed by atoms with Crippen LogP contribution < -0.4 is 16.0 Å². The van der Waals surface area contributed by atoms with Crippen LogP contribution in [0.5, 0.6) is 0 Å². The fourth-order valence-corrected chi connectivity index (χ4v) is 2.79. The normalized spacial score (nSPS) is 17.8. The molecule has 1 unspecified atom stereocenters. The van der Waals surface area contributed by atoms with Crippen molar-refractivity contribution in [2.75, 3.05) is 26.2 Å². The van der Waals surface area contributed by atoms with Crippen LogP contribution in [-0.2, 0) is 4.79 Å². The van der Waals surface area contributed by atoms with Gasteiger partial charge in [-0.15, -0.1) is 24.0 Å². The Kier molecular flexibility index (Phi) is 13.3. The minimum atomic E-state index is 0. The van der Waals surface area contributed by atoms with Crippen molar-refractivity contribution >= 4 is 35.8 Å². The number of amides is 1. The second-order valence-corrected chi connectivity index (χ2v) is 6.94. The summed E-state index contributed by atoms with van der Waals surface area (Å²) in [6, 6.07) is 1.32. The molecule has 3 N–H and O–H groups in total.